The highest BCUT2D eigenvalue weighted by Gasteiger charge is 2.24. The number of anilines is 3. The summed E-state index contributed by atoms with van der Waals surface area (Å²) in [6.45, 7) is 4.28. The third-order valence-electron chi connectivity index (χ3n) is 4.82. The van der Waals surface area contributed by atoms with Crippen molar-refractivity contribution in [2.75, 3.05) is 43.4 Å². The van der Waals surface area contributed by atoms with Gasteiger partial charge in [-0.3, -0.25) is 4.79 Å². The molecule has 7 nitrogen and oxygen atoms in total. The molecule has 136 valence electrons. The van der Waals surface area contributed by atoms with Crippen LogP contribution in [-0.4, -0.2) is 60.0 Å². The lowest BCUT2D eigenvalue weighted by atomic mass is 10.2. The van der Waals surface area contributed by atoms with Crippen molar-refractivity contribution in [1.82, 2.24) is 20.2 Å². The lowest BCUT2D eigenvalue weighted by Gasteiger charge is -2.34. The number of amides is 1. The number of hydrogen-bond donors (Lipinski definition) is 2. The van der Waals surface area contributed by atoms with E-state index in [0.717, 1.165) is 44.7 Å². The van der Waals surface area contributed by atoms with Crippen LogP contribution in [0.3, 0.4) is 0 Å². The van der Waals surface area contributed by atoms with Gasteiger partial charge in [0.2, 0.25) is 0 Å². The molecule has 26 heavy (non-hydrogen) atoms. The quantitative estimate of drug-likeness (QED) is 0.856. The Labute approximate surface area is 153 Å². The zero-order valence-electron chi connectivity index (χ0n) is 15.0. The minimum absolute atomic E-state index is 0.136. The molecule has 0 bridgehead atoms. The smallest absolute Gasteiger partial charge is 0.270 e. The van der Waals surface area contributed by atoms with Gasteiger partial charge in [-0.25, -0.2) is 9.97 Å². The van der Waals surface area contributed by atoms with Crippen LogP contribution in [0.5, 0.6) is 0 Å². The van der Waals surface area contributed by atoms with Gasteiger partial charge in [-0.15, -0.1) is 0 Å². The van der Waals surface area contributed by atoms with Gasteiger partial charge in [0.05, 0.1) is 0 Å². The maximum atomic E-state index is 12.1. The molecule has 0 spiro atoms. The van der Waals surface area contributed by atoms with Crippen LogP contribution >= 0.6 is 0 Å². The molecule has 1 aliphatic heterocycles. The Bertz CT molecular complexity index is 766. The van der Waals surface area contributed by atoms with E-state index in [-0.39, 0.29) is 5.91 Å². The van der Waals surface area contributed by atoms with E-state index in [1.165, 1.54) is 12.0 Å². The number of carbonyl (C=O) groups excluding carboxylic acids is 1. The molecule has 1 amide bonds. The van der Waals surface area contributed by atoms with Crippen molar-refractivity contribution in [2.45, 2.75) is 18.9 Å². The predicted octanol–water partition coefficient (Wildman–Crippen LogP) is 1.86. The highest BCUT2D eigenvalue weighted by molar-refractivity contribution is 5.93. The second-order valence-electron chi connectivity index (χ2n) is 7.00. The number of carbonyl (C=O) groups is 1. The van der Waals surface area contributed by atoms with Crippen molar-refractivity contribution >= 4 is 23.1 Å². The molecule has 1 saturated carbocycles. The second-order valence-corrected chi connectivity index (χ2v) is 7.00. The van der Waals surface area contributed by atoms with Gasteiger partial charge in [0.25, 0.3) is 5.91 Å². The van der Waals surface area contributed by atoms with Crippen molar-refractivity contribution in [3.05, 3.63) is 42.4 Å². The molecule has 7 heteroatoms. The Balaban J connectivity index is 1.40. The molecule has 1 aromatic heterocycles. The van der Waals surface area contributed by atoms with E-state index in [9.17, 15) is 4.79 Å². The molecule has 2 aliphatic rings. The van der Waals surface area contributed by atoms with E-state index in [4.69, 9.17) is 0 Å². The van der Waals surface area contributed by atoms with Crippen LogP contribution < -0.4 is 15.5 Å². The molecule has 2 heterocycles. The molecule has 0 radical (unpaired) electrons. The summed E-state index contributed by atoms with van der Waals surface area (Å²) >= 11 is 0. The molecule has 4 rings (SSSR count). The SMILES string of the molecule is CN1CCN(c2ccc(Nc3cc(C(=O)NC4CC4)ncn3)cc2)CC1. The number of hydrogen-bond acceptors (Lipinski definition) is 6. The van der Waals surface area contributed by atoms with Gasteiger partial charge >= 0.3 is 0 Å². The topological polar surface area (TPSA) is 73.4 Å². The maximum Gasteiger partial charge on any atom is 0.270 e. The number of nitrogens with one attached hydrogen (secondary N) is 2. The van der Waals surface area contributed by atoms with Crippen LogP contribution in [0.15, 0.2) is 36.7 Å². The predicted molar refractivity (Wildman–Crippen MR) is 102 cm³/mol. The van der Waals surface area contributed by atoms with Crippen LogP contribution in [0.2, 0.25) is 0 Å². The molecule has 2 aromatic rings. The Morgan fingerprint density at radius 3 is 2.50 bits per heavy atom. The fourth-order valence-electron chi connectivity index (χ4n) is 3.00. The number of benzene rings is 1. The number of piperazine rings is 1. The largest absolute Gasteiger partial charge is 0.369 e. The van der Waals surface area contributed by atoms with Gasteiger partial charge in [0.15, 0.2) is 0 Å². The summed E-state index contributed by atoms with van der Waals surface area (Å²) in [4.78, 5) is 25.1. The fraction of sp³-hybridized carbons (Fsp3) is 0.421. The highest BCUT2D eigenvalue weighted by atomic mass is 16.2. The number of nitrogens with zero attached hydrogens (tertiary/aromatic N) is 4. The molecular formula is C19H24N6O. The molecule has 2 N–H and O–H groups in total. The first kappa shape index (κ1) is 16.8. The number of likely N-dealkylation sites (N-methyl/N-ethyl adjacent to an activating group) is 1. The van der Waals surface area contributed by atoms with E-state index < -0.39 is 0 Å². The summed E-state index contributed by atoms with van der Waals surface area (Å²) in [7, 11) is 2.16. The molecule has 1 saturated heterocycles. The minimum atomic E-state index is -0.136. The summed E-state index contributed by atoms with van der Waals surface area (Å²) in [6, 6.07) is 10.3. The van der Waals surface area contributed by atoms with E-state index >= 15 is 0 Å². The van der Waals surface area contributed by atoms with Gasteiger partial charge in [-0.2, -0.15) is 0 Å². The van der Waals surface area contributed by atoms with Gasteiger partial charge in [-0.05, 0) is 44.2 Å². The van der Waals surface area contributed by atoms with Crippen molar-refractivity contribution in [2.24, 2.45) is 0 Å². The lowest BCUT2D eigenvalue weighted by Crippen LogP contribution is -2.44. The van der Waals surface area contributed by atoms with E-state index in [2.05, 4.69) is 49.6 Å². The molecular weight excluding hydrogens is 328 g/mol. The maximum absolute atomic E-state index is 12.1. The van der Waals surface area contributed by atoms with E-state index in [1.807, 2.05) is 12.1 Å². The monoisotopic (exact) mass is 352 g/mol. The van der Waals surface area contributed by atoms with Crippen molar-refractivity contribution in [1.29, 1.82) is 0 Å². The summed E-state index contributed by atoms with van der Waals surface area (Å²) < 4.78 is 0. The summed E-state index contributed by atoms with van der Waals surface area (Å²) in [5.41, 5.74) is 2.56. The first-order valence-corrected chi connectivity index (χ1v) is 9.11. The molecule has 0 atom stereocenters. The van der Waals surface area contributed by atoms with Crippen LogP contribution in [-0.2, 0) is 0 Å². The average molecular weight is 352 g/mol. The average Bonchev–Trinajstić information content (AvgIpc) is 3.47. The van der Waals surface area contributed by atoms with Crippen molar-refractivity contribution in [3.63, 3.8) is 0 Å². The van der Waals surface area contributed by atoms with Crippen LogP contribution in [0.4, 0.5) is 17.2 Å². The Kier molecular flexibility index (Phi) is 4.71. The van der Waals surface area contributed by atoms with Crippen LogP contribution in [0, 0.1) is 0 Å². The van der Waals surface area contributed by atoms with Gasteiger partial charge in [0.1, 0.15) is 17.8 Å². The Morgan fingerprint density at radius 2 is 1.81 bits per heavy atom. The first-order valence-electron chi connectivity index (χ1n) is 9.11. The Hall–Kier alpha value is -2.67. The van der Waals surface area contributed by atoms with Crippen LogP contribution in [0.25, 0.3) is 0 Å². The number of aromatic nitrogens is 2. The number of rotatable bonds is 5. The van der Waals surface area contributed by atoms with E-state index in [0.29, 0.717) is 17.6 Å². The van der Waals surface area contributed by atoms with Crippen molar-refractivity contribution < 1.29 is 4.79 Å². The molecule has 1 aliphatic carbocycles. The fourth-order valence-corrected chi connectivity index (χ4v) is 3.00. The lowest BCUT2D eigenvalue weighted by molar-refractivity contribution is 0.0946. The molecule has 2 fully saturated rings. The zero-order valence-corrected chi connectivity index (χ0v) is 15.0. The normalized spacial score (nSPS) is 17.8. The highest BCUT2D eigenvalue weighted by Crippen LogP contribution is 2.22. The van der Waals surface area contributed by atoms with Crippen molar-refractivity contribution in [3.8, 4) is 0 Å². The van der Waals surface area contributed by atoms with E-state index in [1.54, 1.807) is 6.07 Å². The summed E-state index contributed by atoms with van der Waals surface area (Å²) in [6.07, 6.45) is 3.53. The van der Waals surface area contributed by atoms with Gasteiger partial charge in [-0.1, -0.05) is 0 Å². The molecule has 1 aromatic carbocycles. The second kappa shape index (κ2) is 7.29. The molecule has 0 unspecified atom stereocenters. The zero-order chi connectivity index (χ0) is 17.9. The van der Waals surface area contributed by atoms with Gasteiger partial charge in [0, 0.05) is 49.7 Å². The standard InChI is InChI=1S/C19H24N6O/c1-24-8-10-25(11-9-24)16-6-4-14(5-7-16)22-18-12-17(20-13-21-18)19(26)23-15-2-3-15/h4-7,12-13,15H,2-3,8-11H2,1H3,(H,23,26)(H,20,21,22). The first-order chi connectivity index (χ1) is 12.7. The van der Waals surface area contributed by atoms with Gasteiger partial charge < -0.3 is 20.4 Å². The third kappa shape index (κ3) is 4.11. The summed E-state index contributed by atoms with van der Waals surface area (Å²) in [5, 5.41) is 6.19. The minimum Gasteiger partial charge on any atom is -0.369 e. The third-order valence-corrected chi connectivity index (χ3v) is 4.82. The van der Waals surface area contributed by atoms with Crippen LogP contribution in [0.1, 0.15) is 23.3 Å². The summed E-state index contributed by atoms with van der Waals surface area (Å²) in [5.74, 6) is 0.483. The Morgan fingerprint density at radius 1 is 1.08 bits per heavy atom.